The van der Waals surface area contributed by atoms with Crippen molar-refractivity contribution in [1.82, 2.24) is 4.98 Å². The van der Waals surface area contributed by atoms with E-state index in [9.17, 15) is 0 Å². The lowest BCUT2D eigenvalue weighted by Crippen LogP contribution is -1.72. The molecule has 0 amide bonds. The molecule has 0 saturated heterocycles. The maximum absolute atomic E-state index is 6.10. The normalized spacial score (nSPS) is 11.7. The Morgan fingerprint density at radius 3 is 2.93 bits per heavy atom. The molecule has 0 saturated carbocycles. The third-order valence-corrected chi connectivity index (χ3v) is 2.58. The number of benzene rings is 1. The Hall–Kier alpha value is -1.65. The molecule has 1 heterocycles. The van der Waals surface area contributed by atoms with Gasteiger partial charge in [0.05, 0.1) is 0 Å². The van der Waals surface area contributed by atoms with Gasteiger partial charge in [-0.25, -0.2) is 0 Å². The first-order chi connectivity index (χ1) is 7.22. The average molecular weight is 216 g/mol. The number of fused-ring (bicyclic) bond motifs is 1. The van der Waals surface area contributed by atoms with Crippen LogP contribution < -0.4 is 0 Å². The lowest BCUT2D eigenvalue weighted by atomic mass is 10.1. The fraction of sp³-hybridized carbons (Fsp3) is 0.0769. The van der Waals surface area contributed by atoms with Crippen molar-refractivity contribution in [2.45, 2.75) is 6.92 Å². The fourth-order valence-corrected chi connectivity index (χ4v) is 1.79. The number of aromatic amines is 1. The van der Waals surface area contributed by atoms with Crippen LogP contribution in [-0.4, -0.2) is 4.98 Å². The Labute approximate surface area is 93.8 Å². The minimum absolute atomic E-state index is 0.630. The predicted molar refractivity (Wildman–Crippen MR) is 65.8 cm³/mol. The summed E-state index contributed by atoms with van der Waals surface area (Å²) < 4.78 is 0. The van der Waals surface area contributed by atoms with Crippen LogP contribution in [0.5, 0.6) is 0 Å². The Kier molecular flexibility index (Phi) is 2.53. The molecule has 0 spiro atoms. The van der Waals surface area contributed by atoms with Gasteiger partial charge in [-0.2, -0.15) is 0 Å². The summed E-state index contributed by atoms with van der Waals surface area (Å²) in [5.74, 6) is 2.58. The van der Waals surface area contributed by atoms with E-state index in [0.717, 1.165) is 22.0 Å². The van der Waals surface area contributed by atoms with Gasteiger partial charge in [-0.15, -0.1) is 6.42 Å². The van der Waals surface area contributed by atoms with E-state index in [1.807, 2.05) is 37.3 Å². The summed E-state index contributed by atoms with van der Waals surface area (Å²) in [6.07, 6.45) is 7.23. The van der Waals surface area contributed by atoms with Crippen LogP contribution in [0, 0.1) is 12.3 Å². The van der Waals surface area contributed by atoms with Crippen LogP contribution in [-0.2, 0) is 0 Å². The molecule has 74 valence electrons. The Morgan fingerprint density at radius 1 is 1.47 bits per heavy atom. The van der Waals surface area contributed by atoms with Gasteiger partial charge >= 0.3 is 0 Å². The molecule has 1 aromatic heterocycles. The van der Waals surface area contributed by atoms with Crippen molar-refractivity contribution in [2.75, 3.05) is 0 Å². The highest BCUT2D eigenvalue weighted by molar-refractivity contribution is 6.32. The van der Waals surface area contributed by atoms with Crippen molar-refractivity contribution in [2.24, 2.45) is 0 Å². The van der Waals surface area contributed by atoms with Crippen molar-refractivity contribution in [3.8, 4) is 12.3 Å². The van der Waals surface area contributed by atoms with Crippen LogP contribution in [0.3, 0.4) is 0 Å². The van der Waals surface area contributed by atoms with Gasteiger partial charge in [0.25, 0.3) is 0 Å². The topological polar surface area (TPSA) is 15.8 Å². The molecule has 0 bridgehead atoms. The summed E-state index contributed by atoms with van der Waals surface area (Å²) in [5, 5.41) is 1.72. The largest absolute Gasteiger partial charge is 0.345 e. The standard InChI is InChI=1S/C13H10ClN/c1-3-9(2)8-11-10-6-4-5-7-12(10)15-13(11)14/h1,4-8,15H,2H3/b9-8+. The Bertz CT molecular complexity index is 570. The van der Waals surface area contributed by atoms with Gasteiger partial charge in [-0.1, -0.05) is 35.7 Å². The van der Waals surface area contributed by atoms with Crippen molar-refractivity contribution in [1.29, 1.82) is 0 Å². The second-order valence-electron chi connectivity index (χ2n) is 3.37. The number of hydrogen-bond donors (Lipinski definition) is 1. The quantitative estimate of drug-likeness (QED) is 0.696. The zero-order chi connectivity index (χ0) is 10.8. The van der Waals surface area contributed by atoms with Gasteiger partial charge in [0.15, 0.2) is 0 Å². The second kappa shape index (κ2) is 3.84. The number of hydrogen-bond acceptors (Lipinski definition) is 0. The highest BCUT2D eigenvalue weighted by atomic mass is 35.5. The van der Waals surface area contributed by atoms with Crippen LogP contribution in [0.15, 0.2) is 29.8 Å². The number of halogens is 1. The van der Waals surface area contributed by atoms with Crippen molar-refractivity contribution >= 4 is 28.6 Å². The molecule has 2 rings (SSSR count). The molecule has 0 radical (unpaired) electrons. The number of H-pyrrole nitrogens is 1. The van der Waals surface area contributed by atoms with Crippen LogP contribution in [0.2, 0.25) is 5.15 Å². The minimum atomic E-state index is 0.630. The van der Waals surface area contributed by atoms with Crippen LogP contribution in [0.4, 0.5) is 0 Å². The lowest BCUT2D eigenvalue weighted by Gasteiger charge is -1.92. The average Bonchev–Trinajstić information content (AvgIpc) is 2.55. The smallest absolute Gasteiger partial charge is 0.114 e. The Morgan fingerprint density at radius 2 is 2.20 bits per heavy atom. The van der Waals surface area contributed by atoms with Gasteiger partial charge < -0.3 is 4.98 Å². The van der Waals surface area contributed by atoms with Gasteiger partial charge in [0.1, 0.15) is 5.15 Å². The summed E-state index contributed by atoms with van der Waals surface area (Å²) in [6, 6.07) is 7.96. The molecule has 1 aromatic carbocycles. The molecule has 0 aliphatic carbocycles. The molecule has 0 atom stereocenters. The monoisotopic (exact) mass is 215 g/mol. The summed E-state index contributed by atoms with van der Waals surface area (Å²) in [4.78, 5) is 3.11. The first-order valence-electron chi connectivity index (χ1n) is 4.63. The molecule has 0 aliphatic rings. The highest BCUT2D eigenvalue weighted by Crippen LogP contribution is 2.27. The minimum Gasteiger partial charge on any atom is -0.345 e. The highest BCUT2D eigenvalue weighted by Gasteiger charge is 2.06. The van der Waals surface area contributed by atoms with Gasteiger partial charge in [0, 0.05) is 16.5 Å². The molecule has 2 aromatic rings. The SMILES string of the molecule is C#C/C(C)=C/c1c(Cl)[nH]c2ccccc12. The van der Waals surface area contributed by atoms with Gasteiger partial charge in [-0.05, 0) is 24.6 Å². The Balaban J connectivity index is 2.71. The van der Waals surface area contributed by atoms with E-state index < -0.39 is 0 Å². The number of terminal acetylenes is 1. The molecule has 1 nitrogen and oxygen atoms in total. The van der Waals surface area contributed by atoms with E-state index in [2.05, 4.69) is 10.9 Å². The summed E-state index contributed by atoms with van der Waals surface area (Å²) in [5.41, 5.74) is 2.85. The summed E-state index contributed by atoms with van der Waals surface area (Å²) >= 11 is 6.10. The van der Waals surface area contributed by atoms with Crippen LogP contribution in [0.25, 0.3) is 17.0 Å². The third kappa shape index (κ3) is 1.77. The second-order valence-corrected chi connectivity index (χ2v) is 3.75. The third-order valence-electron chi connectivity index (χ3n) is 2.29. The first-order valence-corrected chi connectivity index (χ1v) is 5.01. The van der Waals surface area contributed by atoms with Gasteiger partial charge in [-0.3, -0.25) is 0 Å². The molecule has 2 heteroatoms. The van der Waals surface area contributed by atoms with Crippen molar-refractivity contribution in [3.63, 3.8) is 0 Å². The fourth-order valence-electron chi connectivity index (χ4n) is 1.53. The summed E-state index contributed by atoms with van der Waals surface area (Å²) in [6.45, 7) is 1.89. The van der Waals surface area contributed by atoms with E-state index in [0.29, 0.717) is 5.15 Å². The number of allylic oxidation sites excluding steroid dienone is 1. The zero-order valence-electron chi connectivity index (χ0n) is 8.34. The van der Waals surface area contributed by atoms with Crippen LogP contribution in [0.1, 0.15) is 12.5 Å². The molecule has 15 heavy (non-hydrogen) atoms. The number of aromatic nitrogens is 1. The van der Waals surface area contributed by atoms with E-state index >= 15 is 0 Å². The maximum Gasteiger partial charge on any atom is 0.114 e. The van der Waals surface area contributed by atoms with E-state index in [-0.39, 0.29) is 0 Å². The molecular weight excluding hydrogens is 206 g/mol. The van der Waals surface area contributed by atoms with Gasteiger partial charge in [0.2, 0.25) is 0 Å². The van der Waals surface area contributed by atoms with Crippen molar-refractivity contribution < 1.29 is 0 Å². The number of nitrogens with one attached hydrogen (secondary N) is 1. The van der Waals surface area contributed by atoms with Crippen LogP contribution >= 0.6 is 11.6 Å². The van der Waals surface area contributed by atoms with E-state index in [1.54, 1.807) is 0 Å². The lowest BCUT2D eigenvalue weighted by molar-refractivity contribution is 1.46. The zero-order valence-corrected chi connectivity index (χ0v) is 9.10. The molecule has 0 fully saturated rings. The first kappa shape index (κ1) is 9.89. The summed E-state index contributed by atoms with van der Waals surface area (Å²) in [7, 11) is 0. The van der Waals surface area contributed by atoms with E-state index in [4.69, 9.17) is 18.0 Å². The maximum atomic E-state index is 6.10. The number of para-hydroxylation sites is 1. The molecule has 0 aliphatic heterocycles. The molecule has 0 unspecified atom stereocenters. The predicted octanol–water partition coefficient (Wildman–Crippen LogP) is 3.86. The number of rotatable bonds is 1. The van der Waals surface area contributed by atoms with E-state index in [1.165, 1.54) is 0 Å². The molecular formula is C13H10ClN. The van der Waals surface area contributed by atoms with Crippen molar-refractivity contribution in [3.05, 3.63) is 40.6 Å². The molecule has 1 N–H and O–H groups in total.